The minimum atomic E-state index is -1.29. The molecule has 0 amide bonds. The van der Waals surface area contributed by atoms with Crippen molar-refractivity contribution in [3.63, 3.8) is 0 Å². The first-order chi connectivity index (χ1) is 22.5. The number of esters is 2. The zero-order valence-electron chi connectivity index (χ0n) is 30.3. The lowest BCUT2D eigenvalue weighted by molar-refractivity contribution is -0.249. The number of fused-ring (bicyclic) bond motifs is 3. The van der Waals surface area contributed by atoms with E-state index in [9.17, 15) is 19.8 Å². The van der Waals surface area contributed by atoms with Gasteiger partial charge in [-0.3, -0.25) is 4.79 Å². The molecule has 266 valence electrons. The molecule has 0 spiro atoms. The fourth-order valence-corrected chi connectivity index (χ4v) is 13.5. The van der Waals surface area contributed by atoms with Crippen molar-refractivity contribution in [3.8, 4) is 0 Å². The second kappa shape index (κ2) is 11.2. The lowest BCUT2D eigenvalue weighted by Crippen LogP contribution is -2.67. The standard InChI is InChI=1S/C40H58O8/c1-23(41)46-30-21-28-35(2,3)29(47-34(43)24-12-10-9-11-13-24)16-17-37(28,6)27-15-18-39-22-40(39,38(27,30)7)19-14-26(39)25-20-31(45-8)48-32(25)33(42)36(4,5)44/h9-13,25-33,42,44H,14-22H2,1-8H3. The molecule has 0 radical (unpaired) electrons. The van der Waals surface area contributed by atoms with Crippen LogP contribution in [-0.2, 0) is 23.7 Å². The number of aliphatic hydroxyl groups is 2. The number of rotatable bonds is 7. The Bertz CT molecular complexity index is 1420. The third kappa shape index (κ3) is 4.67. The highest BCUT2D eigenvalue weighted by Gasteiger charge is 2.86. The molecule has 6 aliphatic rings. The third-order valence-electron chi connectivity index (χ3n) is 15.6. The van der Waals surface area contributed by atoms with Crippen LogP contribution in [0.5, 0.6) is 0 Å². The van der Waals surface area contributed by atoms with E-state index in [0.717, 1.165) is 51.4 Å². The molecule has 13 atom stereocenters. The Morgan fingerprint density at radius 1 is 0.938 bits per heavy atom. The summed E-state index contributed by atoms with van der Waals surface area (Å²) >= 11 is 0. The van der Waals surface area contributed by atoms with Gasteiger partial charge in [0, 0.05) is 31.3 Å². The minimum absolute atomic E-state index is 0.00337. The zero-order valence-corrected chi connectivity index (χ0v) is 30.3. The number of benzene rings is 1. The van der Waals surface area contributed by atoms with Crippen molar-refractivity contribution in [2.24, 2.45) is 50.7 Å². The average Bonchev–Trinajstić information content (AvgIpc) is 3.35. The molecule has 0 bridgehead atoms. The Morgan fingerprint density at radius 3 is 2.29 bits per heavy atom. The van der Waals surface area contributed by atoms with Gasteiger partial charge in [0.05, 0.1) is 17.3 Å². The highest BCUT2D eigenvalue weighted by atomic mass is 16.7. The molecule has 8 heteroatoms. The SMILES string of the molecule is COC1CC(C2CCC34CC23CCC2C3(C)CCC(OC(=O)c5ccccc5)C(C)(C)C3CC(OC(C)=O)C24C)C(C(O)C(C)(C)O)O1. The van der Waals surface area contributed by atoms with Gasteiger partial charge in [-0.05, 0) is 117 Å². The number of carbonyl (C=O) groups excluding carboxylic acids is 2. The molecule has 5 aliphatic carbocycles. The Balaban J connectivity index is 1.21. The molecule has 0 aromatic heterocycles. The van der Waals surface area contributed by atoms with Gasteiger partial charge in [0.2, 0.25) is 0 Å². The van der Waals surface area contributed by atoms with Gasteiger partial charge in [-0.2, -0.15) is 0 Å². The first kappa shape index (κ1) is 34.4. The van der Waals surface area contributed by atoms with Crippen molar-refractivity contribution in [3.05, 3.63) is 35.9 Å². The largest absolute Gasteiger partial charge is 0.462 e. The van der Waals surface area contributed by atoms with Crippen LogP contribution in [0.25, 0.3) is 0 Å². The fraction of sp³-hybridized carbons (Fsp3) is 0.800. The number of aliphatic hydroxyl groups excluding tert-OH is 1. The molecule has 13 unspecified atom stereocenters. The van der Waals surface area contributed by atoms with Crippen molar-refractivity contribution < 1.29 is 38.7 Å². The molecule has 6 fully saturated rings. The predicted molar refractivity (Wildman–Crippen MR) is 180 cm³/mol. The van der Waals surface area contributed by atoms with Crippen molar-refractivity contribution in [1.82, 2.24) is 0 Å². The van der Waals surface area contributed by atoms with Gasteiger partial charge < -0.3 is 29.2 Å². The Hall–Kier alpha value is -2.00. The van der Waals surface area contributed by atoms with Gasteiger partial charge in [-0.25, -0.2) is 4.79 Å². The van der Waals surface area contributed by atoms with Crippen LogP contribution in [0.4, 0.5) is 0 Å². The van der Waals surface area contributed by atoms with Crippen LogP contribution in [0.15, 0.2) is 30.3 Å². The first-order valence-electron chi connectivity index (χ1n) is 18.5. The number of hydrogen-bond donors (Lipinski definition) is 2. The molecular formula is C40H58O8. The van der Waals surface area contributed by atoms with Crippen LogP contribution < -0.4 is 0 Å². The lowest BCUT2D eigenvalue weighted by atomic mass is 9.37. The second-order valence-corrected chi connectivity index (χ2v) is 18.2. The van der Waals surface area contributed by atoms with Gasteiger partial charge >= 0.3 is 11.9 Å². The Kier molecular flexibility index (Phi) is 8.07. The van der Waals surface area contributed by atoms with Crippen LogP contribution in [0.3, 0.4) is 0 Å². The van der Waals surface area contributed by atoms with Crippen LogP contribution in [-0.4, -0.2) is 65.6 Å². The summed E-state index contributed by atoms with van der Waals surface area (Å²) < 4.78 is 24.8. The van der Waals surface area contributed by atoms with Gasteiger partial charge in [0.15, 0.2) is 6.29 Å². The molecule has 8 nitrogen and oxygen atoms in total. The van der Waals surface area contributed by atoms with Gasteiger partial charge in [0.25, 0.3) is 0 Å². The van der Waals surface area contributed by atoms with Crippen LogP contribution in [0, 0.1) is 50.7 Å². The van der Waals surface area contributed by atoms with E-state index in [-0.39, 0.29) is 63.1 Å². The number of methoxy groups -OCH3 is 1. The summed E-state index contributed by atoms with van der Waals surface area (Å²) in [5.74, 6) is 0.487. The van der Waals surface area contributed by atoms with Crippen LogP contribution in [0.2, 0.25) is 0 Å². The summed E-state index contributed by atoms with van der Waals surface area (Å²) in [4.78, 5) is 26.1. The maximum absolute atomic E-state index is 13.3. The van der Waals surface area contributed by atoms with E-state index in [1.165, 1.54) is 0 Å². The summed E-state index contributed by atoms with van der Waals surface area (Å²) in [7, 11) is 1.66. The zero-order chi connectivity index (χ0) is 34.7. The lowest BCUT2D eigenvalue weighted by Gasteiger charge is -2.68. The molecule has 2 N–H and O–H groups in total. The number of carbonyl (C=O) groups is 2. The second-order valence-electron chi connectivity index (χ2n) is 18.2. The molecule has 1 aromatic rings. The summed E-state index contributed by atoms with van der Waals surface area (Å²) in [5, 5.41) is 22.2. The van der Waals surface area contributed by atoms with E-state index in [1.807, 2.05) is 30.3 Å². The van der Waals surface area contributed by atoms with Gasteiger partial charge in [0.1, 0.15) is 18.3 Å². The predicted octanol–water partition coefficient (Wildman–Crippen LogP) is 6.70. The van der Waals surface area contributed by atoms with E-state index in [1.54, 1.807) is 27.9 Å². The quantitative estimate of drug-likeness (QED) is 0.310. The first-order valence-corrected chi connectivity index (χ1v) is 18.5. The van der Waals surface area contributed by atoms with Crippen molar-refractivity contribution in [2.75, 3.05) is 7.11 Å². The smallest absolute Gasteiger partial charge is 0.338 e. The summed E-state index contributed by atoms with van der Waals surface area (Å²) in [6.07, 6.45) is 6.28. The topological polar surface area (TPSA) is 112 Å². The Morgan fingerprint density at radius 2 is 1.65 bits per heavy atom. The molecule has 1 heterocycles. The van der Waals surface area contributed by atoms with Crippen molar-refractivity contribution in [1.29, 1.82) is 0 Å². The van der Waals surface area contributed by atoms with E-state index in [0.29, 0.717) is 23.8 Å². The highest BCUT2D eigenvalue weighted by molar-refractivity contribution is 5.89. The third-order valence-corrected chi connectivity index (χ3v) is 15.6. The summed E-state index contributed by atoms with van der Waals surface area (Å²) in [6.45, 7) is 14.3. The monoisotopic (exact) mass is 666 g/mol. The number of ether oxygens (including phenoxy) is 4. The molecular weight excluding hydrogens is 608 g/mol. The van der Waals surface area contributed by atoms with Crippen LogP contribution >= 0.6 is 0 Å². The van der Waals surface area contributed by atoms with Crippen molar-refractivity contribution >= 4 is 11.9 Å². The normalized spacial score (nSPS) is 46.4. The van der Waals surface area contributed by atoms with Crippen molar-refractivity contribution in [2.45, 2.75) is 143 Å². The maximum Gasteiger partial charge on any atom is 0.338 e. The molecule has 1 aliphatic heterocycles. The fourth-order valence-electron chi connectivity index (χ4n) is 13.5. The van der Waals surface area contributed by atoms with Crippen LogP contribution in [0.1, 0.15) is 117 Å². The summed E-state index contributed by atoms with van der Waals surface area (Å²) in [5.41, 5.74) is -1.09. The maximum atomic E-state index is 13.3. The van der Waals surface area contributed by atoms with E-state index in [2.05, 4.69) is 27.7 Å². The number of hydrogen-bond acceptors (Lipinski definition) is 8. The van der Waals surface area contributed by atoms with Gasteiger partial charge in [-0.1, -0.05) is 45.9 Å². The molecule has 1 saturated heterocycles. The van der Waals surface area contributed by atoms with Gasteiger partial charge in [-0.15, -0.1) is 0 Å². The van der Waals surface area contributed by atoms with E-state index in [4.69, 9.17) is 18.9 Å². The minimum Gasteiger partial charge on any atom is -0.462 e. The van der Waals surface area contributed by atoms with E-state index < -0.39 is 24.1 Å². The average molecular weight is 667 g/mol. The molecule has 7 rings (SSSR count). The molecule has 48 heavy (non-hydrogen) atoms. The highest BCUT2D eigenvalue weighted by Crippen LogP contribution is 2.91. The molecule has 1 aromatic carbocycles. The Labute approximate surface area is 286 Å². The summed E-state index contributed by atoms with van der Waals surface area (Å²) in [6, 6.07) is 9.25. The molecule has 5 saturated carbocycles. The van der Waals surface area contributed by atoms with E-state index >= 15 is 0 Å².